The average molecular weight is 282 g/mol. The molecule has 0 aliphatic carbocycles. The Morgan fingerprint density at radius 2 is 1.74 bits per heavy atom. The van der Waals surface area contributed by atoms with Crippen LogP contribution < -0.4 is 4.90 Å². The minimum absolute atomic E-state index is 0.121. The van der Waals surface area contributed by atoms with E-state index < -0.39 is 0 Å². The van der Waals surface area contributed by atoms with Crippen molar-refractivity contribution in [2.24, 2.45) is 0 Å². The van der Waals surface area contributed by atoms with E-state index in [4.69, 9.17) is 11.6 Å². The largest absolute Gasteiger partial charge is 0.370 e. The normalized spacial score (nSPS) is 10.5. The van der Waals surface area contributed by atoms with E-state index in [1.807, 2.05) is 18.0 Å². The second kappa shape index (κ2) is 6.02. The van der Waals surface area contributed by atoms with Crippen LogP contribution in [0.15, 0.2) is 42.5 Å². The molecule has 0 amide bonds. The maximum absolute atomic E-state index is 13.6. The first-order chi connectivity index (χ1) is 9.11. The van der Waals surface area contributed by atoms with Gasteiger partial charge in [0.2, 0.25) is 0 Å². The Kier molecular flexibility index (Phi) is 4.38. The fourth-order valence-electron chi connectivity index (χ4n) is 1.99. The lowest BCUT2D eigenvalue weighted by Gasteiger charge is -2.22. The SMILES string of the molecule is CN(Cc1ccc(F)cc1)c1cccc(F)c1CCl. The second-order valence-electron chi connectivity index (χ2n) is 4.35. The number of halogens is 3. The maximum Gasteiger partial charge on any atom is 0.129 e. The molecule has 0 bridgehead atoms. The zero-order valence-electron chi connectivity index (χ0n) is 10.5. The Morgan fingerprint density at radius 1 is 1.05 bits per heavy atom. The van der Waals surface area contributed by atoms with Crippen molar-refractivity contribution < 1.29 is 8.78 Å². The standard InChI is InChI=1S/C15H14ClF2N/c1-19(10-11-5-7-12(17)8-6-11)15-4-2-3-14(18)13(15)9-16/h2-8H,9-10H2,1H3. The van der Waals surface area contributed by atoms with Crippen LogP contribution in [0, 0.1) is 11.6 Å². The van der Waals surface area contributed by atoms with Gasteiger partial charge in [-0.2, -0.15) is 0 Å². The highest BCUT2D eigenvalue weighted by Gasteiger charge is 2.11. The lowest BCUT2D eigenvalue weighted by Crippen LogP contribution is -2.18. The van der Waals surface area contributed by atoms with Crippen molar-refractivity contribution in [2.75, 3.05) is 11.9 Å². The summed E-state index contributed by atoms with van der Waals surface area (Å²) in [5.41, 5.74) is 2.18. The van der Waals surface area contributed by atoms with E-state index in [1.54, 1.807) is 18.2 Å². The Labute approximate surface area is 116 Å². The van der Waals surface area contributed by atoms with Crippen molar-refractivity contribution in [1.82, 2.24) is 0 Å². The molecule has 0 unspecified atom stereocenters. The van der Waals surface area contributed by atoms with E-state index >= 15 is 0 Å². The van der Waals surface area contributed by atoms with Crippen molar-refractivity contribution in [3.63, 3.8) is 0 Å². The third-order valence-electron chi connectivity index (χ3n) is 2.97. The first-order valence-corrected chi connectivity index (χ1v) is 6.44. The number of nitrogens with zero attached hydrogens (tertiary/aromatic N) is 1. The Morgan fingerprint density at radius 3 is 2.37 bits per heavy atom. The second-order valence-corrected chi connectivity index (χ2v) is 4.62. The summed E-state index contributed by atoms with van der Waals surface area (Å²) in [5.74, 6) is -0.451. The van der Waals surface area contributed by atoms with Crippen LogP contribution in [0.5, 0.6) is 0 Å². The average Bonchev–Trinajstić information content (AvgIpc) is 2.41. The lowest BCUT2D eigenvalue weighted by molar-refractivity contribution is 0.616. The molecule has 0 saturated carbocycles. The Hall–Kier alpha value is -1.61. The van der Waals surface area contributed by atoms with Crippen molar-refractivity contribution in [3.05, 3.63) is 65.2 Å². The molecule has 100 valence electrons. The highest BCUT2D eigenvalue weighted by atomic mass is 35.5. The fourth-order valence-corrected chi connectivity index (χ4v) is 2.25. The highest BCUT2D eigenvalue weighted by molar-refractivity contribution is 6.17. The van der Waals surface area contributed by atoms with E-state index in [0.717, 1.165) is 11.3 Å². The van der Waals surface area contributed by atoms with E-state index in [-0.39, 0.29) is 17.5 Å². The quantitative estimate of drug-likeness (QED) is 0.754. The van der Waals surface area contributed by atoms with Gasteiger partial charge in [0.1, 0.15) is 11.6 Å². The van der Waals surface area contributed by atoms with Gasteiger partial charge in [-0.3, -0.25) is 0 Å². The zero-order valence-corrected chi connectivity index (χ0v) is 11.3. The van der Waals surface area contributed by atoms with Crippen LogP contribution in [0.3, 0.4) is 0 Å². The van der Waals surface area contributed by atoms with Gasteiger partial charge in [-0.05, 0) is 29.8 Å². The molecule has 0 atom stereocenters. The van der Waals surface area contributed by atoms with Crippen LogP contribution in [-0.4, -0.2) is 7.05 Å². The first-order valence-electron chi connectivity index (χ1n) is 5.90. The smallest absolute Gasteiger partial charge is 0.129 e. The minimum atomic E-state index is -0.307. The molecular formula is C15H14ClF2N. The van der Waals surface area contributed by atoms with Gasteiger partial charge in [0.15, 0.2) is 0 Å². The summed E-state index contributed by atoms with van der Waals surface area (Å²) in [7, 11) is 1.86. The van der Waals surface area contributed by atoms with E-state index in [1.165, 1.54) is 18.2 Å². The van der Waals surface area contributed by atoms with Crippen LogP contribution in [0.4, 0.5) is 14.5 Å². The van der Waals surface area contributed by atoms with Crippen molar-refractivity contribution in [2.45, 2.75) is 12.4 Å². The molecule has 0 spiro atoms. The van der Waals surface area contributed by atoms with Gasteiger partial charge in [0, 0.05) is 24.8 Å². The van der Waals surface area contributed by atoms with Crippen LogP contribution in [0.2, 0.25) is 0 Å². The number of anilines is 1. The predicted octanol–water partition coefficient (Wildman–Crippen LogP) is 4.34. The van der Waals surface area contributed by atoms with E-state index in [2.05, 4.69) is 0 Å². The van der Waals surface area contributed by atoms with Gasteiger partial charge in [-0.15, -0.1) is 11.6 Å². The summed E-state index contributed by atoms with van der Waals surface area (Å²) in [6, 6.07) is 11.1. The van der Waals surface area contributed by atoms with E-state index in [0.29, 0.717) is 12.1 Å². The molecule has 2 aromatic carbocycles. The zero-order chi connectivity index (χ0) is 13.8. The number of rotatable bonds is 4. The highest BCUT2D eigenvalue weighted by Crippen LogP contribution is 2.25. The molecule has 0 N–H and O–H groups in total. The molecule has 2 rings (SSSR count). The topological polar surface area (TPSA) is 3.24 Å². The third-order valence-corrected chi connectivity index (χ3v) is 3.24. The van der Waals surface area contributed by atoms with Gasteiger partial charge >= 0.3 is 0 Å². The summed E-state index contributed by atoms with van der Waals surface area (Å²) >= 11 is 5.79. The Balaban J connectivity index is 2.22. The Bertz CT molecular complexity index is 555. The summed E-state index contributed by atoms with van der Waals surface area (Å²) in [6.45, 7) is 0.563. The molecule has 0 saturated heterocycles. The van der Waals surface area contributed by atoms with Gasteiger partial charge in [0.25, 0.3) is 0 Å². The molecule has 0 aromatic heterocycles. The summed E-state index contributed by atoms with van der Waals surface area (Å²) < 4.78 is 26.5. The van der Waals surface area contributed by atoms with Gasteiger partial charge in [-0.1, -0.05) is 18.2 Å². The third kappa shape index (κ3) is 3.24. The summed E-state index contributed by atoms with van der Waals surface area (Å²) in [6.07, 6.45) is 0. The van der Waals surface area contributed by atoms with E-state index in [9.17, 15) is 8.78 Å². The molecule has 4 heteroatoms. The minimum Gasteiger partial charge on any atom is -0.370 e. The van der Waals surface area contributed by atoms with Crippen molar-refractivity contribution in [3.8, 4) is 0 Å². The molecule has 0 radical (unpaired) electrons. The number of hydrogen-bond acceptors (Lipinski definition) is 1. The van der Waals surface area contributed by atoms with Crippen molar-refractivity contribution >= 4 is 17.3 Å². The molecule has 0 aliphatic rings. The van der Waals surface area contributed by atoms with Crippen LogP contribution in [-0.2, 0) is 12.4 Å². The van der Waals surface area contributed by atoms with Gasteiger partial charge < -0.3 is 4.90 Å². The molecule has 0 fully saturated rings. The summed E-state index contributed by atoms with van der Waals surface area (Å²) in [5, 5.41) is 0. The van der Waals surface area contributed by atoms with Crippen LogP contribution in [0.25, 0.3) is 0 Å². The van der Waals surface area contributed by atoms with Gasteiger partial charge in [-0.25, -0.2) is 8.78 Å². The molecule has 1 nitrogen and oxygen atoms in total. The van der Waals surface area contributed by atoms with Crippen LogP contribution in [0.1, 0.15) is 11.1 Å². The summed E-state index contributed by atoms with van der Waals surface area (Å²) in [4.78, 5) is 1.90. The monoisotopic (exact) mass is 281 g/mol. The molecule has 19 heavy (non-hydrogen) atoms. The fraction of sp³-hybridized carbons (Fsp3) is 0.200. The van der Waals surface area contributed by atoms with Crippen molar-refractivity contribution in [1.29, 1.82) is 0 Å². The number of hydrogen-bond donors (Lipinski definition) is 0. The van der Waals surface area contributed by atoms with Crippen LogP contribution >= 0.6 is 11.6 Å². The predicted molar refractivity (Wildman–Crippen MR) is 74.5 cm³/mol. The number of benzene rings is 2. The molecule has 0 aliphatic heterocycles. The van der Waals surface area contributed by atoms with Gasteiger partial charge in [0.05, 0.1) is 5.88 Å². The first kappa shape index (κ1) is 13.8. The molecule has 0 heterocycles. The lowest BCUT2D eigenvalue weighted by atomic mass is 10.1. The maximum atomic E-state index is 13.6. The molecular weight excluding hydrogens is 268 g/mol. The number of alkyl halides is 1. The molecule has 2 aromatic rings.